The maximum absolute atomic E-state index is 12.9. The molecule has 3 rings (SSSR count). The van der Waals surface area contributed by atoms with Crippen LogP contribution in [0.4, 0.5) is 5.69 Å². The lowest BCUT2D eigenvalue weighted by Crippen LogP contribution is -2.24. The molecule has 0 spiro atoms. The van der Waals surface area contributed by atoms with Crippen LogP contribution in [-0.4, -0.2) is 20.9 Å². The fourth-order valence-corrected chi connectivity index (χ4v) is 4.42. The summed E-state index contributed by atoms with van der Waals surface area (Å²) < 4.78 is 34.0. The maximum Gasteiger partial charge on any atom is 0.262 e. The van der Waals surface area contributed by atoms with E-state index >= 15 is 0 Å². The van der Waals surface area contributed by atoms with Crippen LogP contribution in [0.3, 0.4) is 0 Å². The Morgan fingerprint density at radius 1 is 0.968 bits per heavy atom. The predicted octanol–water partition coefficient (Wildman–Crippen LogP) is 4.43. The number of amides is 1. The first-order chi connectivity index (χ1) is 14.8. The van der Waals surface area contributed by atoms with E-state index in [1.54, 1.807) is 31.2 Å². The van der Waals surface area contributed by atoms with Crippen LogP contribution in [0.5, 0.6) is 5.75 Å². The Bertz CT molecular complexity index is 1170. The highest BCUT2D eigenvalue weighted by Crippen LogP contribution is 2.22. The van der Waals surface area contributed by atoms with E-state index in [0.29, 0.717) is 23.6 Å². The summed E-state index contributed by atoms with van der Waals surface area (Å²) in [4.78, 5) is 12.8. The number of rotatable bonds is 8. The molecule has 0 radical (unpaired) electrons. The molecule has 0 aliphatic heterocycles. The van der Waals surface area contributed by atoms with Crippen molar-refractivity contribution in [1.29, 1.82) is 0 Å². The lowest BCUT2D eigenvalue weighted by molar-refractivity contribution is 0.0950. The van der Waals surface area contributed by atoms with Crippen LogP contribution in [0.2, 0.25) is 0 Å². The van der Waals surface area contributed by atoms with Crippen molar-refractivity contribution in [3.8, 4) is 5.75 Å². The van der Waals surface area contributed by atoms with Crippen LogP contribution in [0.1, 0.15) is 34.0 Å². The SMILES string of the molecule is CCOc1ccccc1CNC(=O)c1ccc(C)c(S(=O)(=O)Nc2ccc(C)cc2)c1. The summed E-state index contributed by atoms with van der Waals surface area (Å²) in [5.74, 6) is 0.345. The van der Waals surface area contributed by atoms with E-state index in [0.717, 1.165) is 11.1 Å². The number of aryl methyl sites for hydroxylation is 2. The van der Waals surface area contributed by atoms with Crippen molar-refractivity contribution in [2.45, 2.75) is 32.2 Å². The average Bonchev–Trinajstić information content (AvgIpc) is 2.75. The van der Waals surface area contributed by atoms with Gasteiger partial charge in [0.15, 0.2) is 0 Å². The van der Waals surface area contributed by atoms with Crippen molar-refractivity contribution in [2.24, 2.45) is 0 Å². The fraction of sp³-hybridized carbons (Fsp3) is 0.208. The van der Waals surface area contributed by atoms with Crippen LogP contribution >= 0.6 is 0 Å². The lowest BCUT2D eigenvalue weighted by atomic mass is 10.1. The highest BCUT2D eigenvalue weighted by atomic mass is 32.2. The van der Waals surface area contributed by atoms with Crippen LogP contribution in [-0.2, 0) is 16.6 Å². The molecule has 0 aromatic heterocycles. The Hall–Kier alpha value is -3.32. The van der Waals surface area contributed by atoms with Gasteiger partial charge in [-0.05, 0) is 56.7 Å². The number of anilines is 1. The van der Waals surface area contributed by atoms with Gasteiger partial charge in [-0.1, -0.05) is 42.0 Å². The standard InChI is InChI=1S/C24H26N2O4S/c1-4-30-22-8-6-5-7-20(22)16-25-24(27)19-12-11-18(3)23(15-19)31(28,29)26-21-13-9-17(2)10-14-21/h5-15,26H,4,16H2,1-3H3,(H,25,27). The van der Waals surface area contributed by atoms with E-state index in [-0.39, 0.29) is 22.9 Å². The zero-order valence-corrected chi connectivity index (χ0v) is 18.6. The first-order valence-electron chi connectivity index (χ1n) is 9.99. The first kappa shape index (κ1) is 22.4. The number of nitrogens with one attached hydrogen (secondary N) is 2. The topological polar surface area (TPSA) is 84.5 Å². The van der Waals surface area contributed by atoms with Gasteiger partial charge in [0.1, 0.15) is 5.75 Å². The zero-order valence-electron chi connectivity index (χ0n) is 17.8. The molecule has 7 heteroatoms. The zero-order chi connectivity index (χ0) is 22.4. The highest BCUT2D eigenvalue weighted by Gasteiger charge is 2.19. The molecule has 0 saturated carbocycles. The predicted molar refractivity (Wildman–Crippen MR) is 122 cm³/mol. The minimum atomic E-state index is -3.84. The molecule has 0 saturated heterocycles. The molecule has 0 aliphatic rings. The van der Waals surface area contributed by atoms with Crippen molar-refractivity contribution in [3.05, 3.63) is 89.0 Å². The third-order valence-corrected chi connectivity index (χ3v) is 6.28. The normalized spacial score (nSPS) is 11.1. The molecule has 0 bridgehead atoms. The number of hydrogen-bond donors (Lipinski definition) is 2. The maximum atomic E-state index is 12.9. The van der Waals surface area contributed by atoms with Gasteiger partial charge in [0.05, 0.1) is 11.5 Å². The number of hydrogen-bond acceptors (Lipinski definition) is 4. The molecule has 0 fully saturated rings. The van der Waals surface area contributed by atoms with Crippen LogP contribution in [0.15, 0.2) is 71.6 Å². The van der Waals surface area contributed by atoms with Crippen LogP contribution in [0, 0.1) is 13.8 Å². The van der Waals surface area contributed by atoms with Crippen molar-refractivity contribution in [2.75, 3.05) is 11.3 Å². The summed E-state index contributed by atoms with van der Waals surface area (Å²) in [6.07, 6.45) is 0. The van der Waals surface area contributed by atoms with E-state index in [1.165, 1.54) is 6.07 Å². The molecule has 6 nitrogen and oxygen atoms in total. The monoisotopic (exact) mass is 438 g/mol. The fourth-order valence-electron chi connectivity index (χ4n) is 3.09. The molecule has 31 heavy (non-hydrogen) atoms. The van der Waals surface area contributed by atoms with Gasteiger partial charge < -0.3 is 10.1 Å². The lowest BCUT2D eigenvalue weighted by Gasteiger charge is -2.13. The number of ether oxygens (including phenoxy) is 1. The van der Waals surface area contributed by atoms with Gasteiger partial charge in [-0.25, -0.2) is 8.42 Å². The molecule has 3 aromatic rings. The van der Waals surface area contributed by atoms with Gasteiger partial charge in [0.25, 0.3) is 15.9 Å². The highest BCUT2D eigenvalue weighted by molar-refractivity contribution is 7.92. The molecule has 0 unspecified atom stereocenters. The summed E-state index contributed by atoms with van der Waals surface area (Å²) in [6, 6.07) is 19.2. The third kappa shape index (κ3) is 5.64. The van der Waals surface area contributed by atoms with E-state index in [4.69, 9.17) is 4.74 Å². The molecule has 2 N–H and O–H groups in total. The van der Waals surface area contributed by atoms with E-state index in [2.05, 4.69) is 10.0 Å². The first-order valence-corrected chi connectivity index (χ1v) is 11.5. The Labute approximate surface area is 183 Å². The van der Waals surface area contributed by atoms with Gasteiger partial charge in [-0.3, -0.25) is 9.52 Å². The number of sulfonamides is 1. The second-order valence-electron chi connectivity index (χ2n) is 7.18. The summed E-state index contributed by atoms with van der Waals surface area (Å²) in [7, 11) is -3.84. The van der Waals surface area contributed by atoms with E-state index in [1.807, 2.05) is 50.2 Å². The summed E-state index contributed by atoms with van der Waals surface area (Å²) in [5, 5.41) is 2.83. The summed E-state index contributed by atoms with van der Waals surface area (Å²) >= 11 is 0. The van der Waals surface area contributed by atoms with E-state index < -0.39 is 10.0 Å². The van der Waals surface area contributed by atoms with Gasteiger partial charge in [-0.2, -0.15) is 0 Å². The van der Waals surface area contributed by atoms with Crippen LogP contribution < -0.4 is 14.8 Å². The molecular formula is C24H26N2O4S. The Balaban J connectivity index is 1.78. The Kier molecular flexibility index (Phi) is 6.97. The summed E-state index contributed by atoms with van der Waals surface area (Å²) in [5.41, 5.74) is 3.16. The van der Waals surface area contributed by atoms with E-state index in [9.17, 15) is 13.2 Å². The number of carbonyl (C=O) groups excluding carboxylic acids is 1. The van der Waals surface area contributed by atoms with Crippen molar-refractivity contribution < 1.29 is 17.9 Å². The van der Waals surface area contributed by atoms with Gasteiger partial charge in [0.2, 0.25) is 0 Å². The van der Waals surface area contributed by atoms with Gasteiger partial charge in [0, 0.05) is 23.4 Å². The Morgan fingerprint density at radius 3 is 2.39 bits per heavy atom. The molecule has 0 atom stereocenters. The smallest absolute Gasteiger partial charge is 0.262 e. The minimum Gasteiger partial charge on any atom is -0.494 e. The molecule has 162 valence electrons. The molecule has 3 aromatic carbocycles. The second-order valence-corrected chi connectivity index (χ2v) is 8.83. The summed E-state index contributed by atoms with van der Waals surface area (Å²) in [6.45, 7) is 6.32. The molecule has 0 heterocycles. The second kappa shape index (κ2) is 9.66. The van der Waals surface area contributed by atoms with Crippen molar-refractivity contribution >= 4 is 21.6 Å². The molecular weight excluding hydrogens is 412 g/mol. The molecule has 1 amide bonds. The molecule has 0 aliphatic carbocycles. The quantitative estimate of drug-likeness (QED) is 0.545. The minimum absolute atomic E-state index is 0.0652. The largest absolute Gasteiger partial charge is 0.494 e. The van der Waals surface area contributed by atoms with Gasteiger partial charge in [-0.15, -0.1) is 0 Å². The number of para-hydroxylation sites is 1. The number of carbonyl (C=O) groups is 1. The number of benzene rings is 3. The average molecular weight is 439 g/mol. The van der Waals surface area contributed by atoms with Gasteiger partial charge >= 0.3 is 0 Å². The van der Waals surface area contributed by atoms with Crippen LogP contribution in [0.25, 0.3) is 0 Å². The van der Waals surface area contributed by atoms with Crippen molar-refractivity contribution in [1.82, 2.24) is 5.32 Å². The Morgan fingerprint density at radius 2 is 1.68 bits per heavy atom. The third-order valence-electron chi connectivity index (χ3n) is 4.76. The van der Waals surface area contributed by atoms with Crippen molar-refractivity contribution in [3.63, 3.8) is 0 Å².